The van der Waals surface area contributed by atoms with Crippen LogP contribution in [0.1, 0.15) is 11.1 Å². The maximum Gasteiger partial charge on any atom is 1.00 e. The van der Waals surface area contributed by atoms with Crippen molar-refractivity contribution in [3.05, 3.63) is 60.9 Å². The number of hydrogen-bond donors (Lipinski definition) is 0. The van der Waals surface area contributed by atoms with Gasteiger partial charge >= 0.3 is 29.6 Å². The summed E-state index contributed by atoms with van der Waals surface area (Å²) < 4.78 is 28.5. The smallest absolute Gasteiger partial charge is 0.711 e. The van der Waals surface area contributed by atoms with E-state index in [2.05, 4.69) is 71.2 Å². The van der Waals surface area contributed by atoms with E-state index in [0.29, 0.717) is 4.90 Å². The summed E-state index contributed by atoms with van der Waals surface area (Å²) in [6.07, 6.45) is 2.77. The zero-order valence-corrected chi connectivity index (χ0v) is 23.4. The Balaban J connectivity index is 0. The minimum Gasteiger partial charge on any atom is -0.711 e. The molecule has 0 saturated carbocycles. The molecule has 0 spiro atoms. The molecule has 0 radical (unpaired) electrons. The van der Waals surface area contributed by atoms with Crippen LogP contribution in [0.4, 0.5) is 0 Å². The van der Waals surface area contributed by atoms with Crippen molar-refractivity contribution in [2.75, 3.05) is 12.5 Å². The zero-order valence-electron chi connectivity index (χ0n) is 15.0. The second kappa shape index (κ2) is 15.0. The van der Waals surface area contributed by atoms with Gasteiger partial charge < -0.3 is 9.59 Å². The van der Waals surface area contributed by atoms with Crippen molar-refractivity contribution in [2.45, 2.75) is 18.7 Å². The van der Waals surface area contributed by atoms with E-state index in [0.717, 1.165) is 31.0 Å². The third kappa shape index (κ3) is 14.1. The van der Waals surface area contributed by atoms with Crippen molar-refractivity contribution in [1.29, 1.82) is 0 Å². The molecule has 0 N–H and O–H groups in total. The fourth-order valence-electron chi connectivity index (χ4n) is 1.61. The third-order valence-corrected chi connectivity index (χ3v) is 5.12. The van der Waals surface area contributed by atoms with Crippen LogP contribution in [0.2, 0.25) is 0 Å². The standard InChI is InChI=1S/C8H9BrO2S.C7H6Br2.CH4O2S.Na/c1-6-3-7(9)5-8(4-6)12(2,10)11;1-5-2-6(8)4-7(9)3-5;1-4-3-2;/h3-5H,1-2H3;2-4H,1H3;2H,1H3;/q;;;+1/p-1. The Hall–Kier alpha value is 1.10. The van der Waals surface area contributed by atoms with Crippen molar-refractivity contribution >= 4 is 69.7 Å². The quantitative estimate of drug-likeness (QED) is 0.229. The van der Waals surface area contributed by atoms with Crippen molar-refractivity contribution in [2.24, 2.45) is 0 Å². The van der Waals surface area contributed by atoms with Crippen molar-refractivity contribution in [3.8, 4) is 0 Å². The summed E-state index contributed by atoms with van der Waals surface area (Å²) in [6.45, 7) is 3.93. The molecule has 0 bridgehead atoms. The number of hydrogen-bond acceptors (Lipinski definition) is 5. The molecule has 0 aliphatic carbocycles. The average molecular weight is 601 g/mol. The molecule has 2 rings (SSSR count). The van der Waals surface area contributed by atoms with Crippen molar-refractivity contribution < 1.29 is 47.6 Å². The van der Waals surface area contributed by atoms with Gasteiger partial charge in [0.05, 0.1) is 4.90 Å². The molecule has 140 valence electrons. The van der Waals surface area contributed by atoms with Crippen LogP contribution in [0.15, 0.2) is 54.7 Å². The number of benzene rings is 2. The maximum absolute atomic E-state index is 11.1. The summed E-state index contributed by atoms with van der Waals surface area (Å²) in [5.74, 6) is 0. The van der Waals surface area contributed by atoms with Gasteiger partial charge in [-0.25, -0.2) is 8.42 Å². The molecule has 26 heavy (non-hydrogen) atoms. The molecule has 0 unspecified atom stereocenters. The predicted molar refractivity (Wildman–Crippen MR) is 113 cm³/mol. The summed E-state index contributed by atoms with van der Waals surface area (Å²) >= 11 is 10.8. The summed E-state index contributed by atoms with van der Waals surface area (Å²) in [6, 6.07) is 11.3. The van der Waals surface area contributed by atoms with E-state index >= 15 is 0 Å². The van der Waals surface area contributed by atoms with Crippen LogP contribution in [-0.2, 0) is 14.2 Å². The van der Waals surface area contributed by atoms with Gasteiger partial charge in [-0.2, -0.15) is 0 Å². The van der Waals surface area contributed by atoms with Gasteiger partial charge in [-0.1, -0.05) is 47.8 Å². The maximum atomic E-state index is 11.1. The summed E-state index contributed by atoms with van der Waals surface area (Å²) in [7, 11) is -3.08. The molecule has 0 aromatic heterocycles. The summed E-state index contributed by atoms with van der Waals surface area (Å²) in [5.41, 5.74) is 2.20. The fourth-order valence-corrected chi connectivity index (χ4v) is 4.63. The molecule has 0 saturated heterocycles. The molecule has 0 aliphatic heterocycles. The van der Waals surface area contributed by atoms with Gasteiger partial charge in [-0.15, -0.1) is 0 Å². The van der Waals surface area contributed by atoms with E-state index in [9.17, 15) is 8.42 Å². The average Bonchev–Trinajstić information content (AvgIpc) is 2.44. The van der Waals surface area contributed by atoms with Crippen LogP contribution in [-0.4, -0.2) is 20.9 Å². The van der Waals surface area contributed by atoms with Crippen LogP contribution in [0.25, 0.3) is 0 Å². The number of aryl methyl sites for hydroxylation is 2. The normalized spacial score (nSPS) is 9.85. The van der Waals surface area contributed by atoms with E-state index in [1.807, 2.05) is 19.1 Å². The van der Waals surface area contributed by atoms with Gasteiger partial charge in [0.25, 0.3) is 0 Å². The van der Waals surface area contributed by atoms with Gasteiger partial charge in [0.15, 0.2) is 9.84 Å². The predicted octanol–water partition coefficient (Wildman–Crippen LogP) is 2.24. The topological polar surface area (TPSA) is 66.4 Å². The van der Waals surface area contributed by atoms with E-state index in [-0.39, 0.29) is 29.6 Å². The molecule has 0 aliphatic rings. The fraction of sp³-hybridized carbons (Fsp3) is 0.250. The molecule has 4 nitrogen and oxygen atoms in total. The van der Waals surface area contributed by atoms with E-state index in [1.54, 1.807) is 18.4 Å². The molecule has 0 amide bonds. The second-order valence-electron chi connectivity index (χ2n) is 4.92. The number of sulfone groups is 1. The van der Waals surface area contributed by atoms with E-state index < -0.39 is 9.84 Å². The monoisotopic (exact) mass is 598 g/mol. The molecular formula is C16H18Br3NaO4S2. The Labute approximate surface area is 207 Å². The van der Waals surface area contributed by atoms with Crippen molar-refractivity contribution in [1.82, 2.24) is 0 Å². The first-order valence-electron chi connectivity index (χ1n) is 6.72. The third-order valence-electron chi connectivity index (χ3n) is 2.52. The first-order valence-corrected chi connectivity index (χ1v) is 12.1. The minimum absolute atomic E-state index is 0. The molecule has 10 heteroatoms. The first-order chi connectivity index (χ1) is 11.5. The molecular weight excluding hydrogens is 583 g/mol. The minimum atomic E-state index is -3.08. The molecule has 0 atom stereocenters. The zero-order chi connectivity index (χ0) is 19.6. The summed E-state index contributed by atoms with van der Waals surface area (Å²) in [4.78, 5) is 0.356. The van der Waals surface area contributed by atoms with Crippen LogP contribution in [0.5, 0.6) is 0 Å². The van der Waals surface area contributed by atoms with Crippen LogP contribution >= 0.6 is 59.8 Å². The molecule has 2 aromatic rings. The van der Waals surface area contributed by atoms with Crippen LogP contribution in [0.3, 0.4) is 0 Å². The van der Waals surface area contributed by atoms with Crippen LogP contribution in [0, 0.1) is 13.8 Å². The Morgan fingerprint density at radius 3 is 1.50 bits per heavy atom. The molecule has 2 aromatic carbocycles. The molecule has 0 fully saturated rings. The van der Waals surface area contributed by atoms with Gasteiger partial charge in [0.1, 0.15) is 0 Å². The second-order valence-corrected chi connectivity index (χ2v) is 10.2. The Kier molecular flexibility index (Phi) is 16.9. The van der Waals surface area contributed by atoms with Gasteiger partial charge in [-0.05, 0) is 73.4 Å². The van der Waals surface area contributed by atoms with Gasteiger partial charge in [-0.3, -0.25) is 0 Å². The Morgan fingerprint density at radius 2 is 1.23 bits per heavy atom. The largest absolute Gasteiger partial charge is 1.00 e. The molecule has 0 heterocycles. The number of rotatable bonds is 2. The van der Waals surface area contributed by atoms with Gasteiger partial charge in [0.2, 0.25) is 0 Å². The van der Waals surface area contributed by atoms with E-state index in [4.69, 9.17) is 5.26 Å². The van der Waals surface area contributed by atoms with Crippen LogP contribution < -0.4 is 34.8 Å². The van der Waals surface area contributed by atoms with E-state index in [1.165, 1.54) is 11.8 Å². The number of halogens is 3. The SMILES string of the molecule is CSO[O-].Cc1cc(Br)cc(Br)c1.Cc1cc(Br)cc(S(C)(=O)=O)c1.[Na+]. The van der Waals surface area contributed by atoms with Crippen molar-refractivity contribution in [3.63, 3.8) is 0 Å². The Bertz CT molecular complexity index is 714. The first kappa shape index (κ1) is 29.3. The Morgan fingerprint density at radius 1 is 0.885 bits per heavy atom. The summed E-state index contributed by atoms with van der Waals surface area (Å²) in [5, 5.41) is 8.76. The van der Waals surface area contributed by atoms with Gasteiger partial charge in [0, 0.05) is 25.9 Å².